The van der Waals surface area contributed by atoms with Crippen molar-refractivity contribution in [2.24, 2.45) is 0 Å². The lowest BCUT2D eigenvalue weighted by molar-refractivity contribution is -0.166. The lowest BCUT2D eigenvalue weighted by Crippen LogP contribution is -2.30. The van der Waals surface area contributed by atoms with Gasteiger partial charge in [-0.25, -0.2) is 0 Å². The van der Waals surface area contributed by atoms with E-state index in [1.165, 1.54) is 64.2 Å². The minimum atomic E-state index is -0.811. The van der Waals surface area contributed by atoms with Crippen LogP contribution in [0.25, 0.3) is 0 Å². The first-order valence-electron chi connectivity index (χ1n) is 23.6. The quantitative estimate of drug-likeness (QED) is 0.0201. The molecule has 0 radical (unpaired) electrons. The number of hydrogen-bond donors (Lipinski definition) is 0. The van der Waals surface area contributed by atoms with Gasteiger partial charge in [-0.1, -0.05) is 189 Å². The van der Waals surface area contributed by atoms with Crippen LogP contribution in [0.5, 0.6) is 0 Å². The highest BCUT2D eigenvalue weighted by Gasteiger charge is 2.19. The number of carbonyl (C=O) groups excluding carboxylic acids is 3. The van der Waals surface area contributed by atoms with E-state index in [2.05, 4.69) is 93.7 Å². The van der Waals surface area contributed by atoms with Crippen molar-refractivity contribution in [3.63, 3.8) is 0 Å². The Bertz CT molecular complexity index is 1160. The molecular formula is C52H86O6. The number of allylic oxidation sites excluding steroid dienone is 14. The van der Waals surface area contributed by atoms with Crippen LogP contribution in [0, 0.1) is 0 Å². The smallest absolute Gasteiger partial charge is 0.306 e. The molecule has 1 unspecified atom stereocenters. The van der Waals surface area contributed by atoms with Crippen molar-refractivity contribution in [3.8, 4) is 0 Å². The van der Waals surface area contributed by atoms with E-state index in [9.17, 15) is 14.4 Å². The zero-order chi connectivity index (χ0) is 42.3. The Labute approximate surface area is 356 Å². The minimum Gasteiger partial charge on any atom is -0.462 e. The number of unbranched alkanes of at least 4 members (excludes halogenated alkanes) is 18. The molecule has 0 saturated heterocycles. The van der Waals surface area contributed by atoms with Gasteiger partial charge >= 0.3 is 17.9 Å². The molecule has 0 aromatic rings. The molecule has 0 amide bonds. The summed E-state index contributed by atoms with van der Waals surface area (Å²) in [6.07, 6.45) is 58.6. The molecule has 6 nitrogen and oxygen atoms in total. The Balaban J connectivity index is 4.50. The van der Waals surface area contributed by atoms with Gasteiger partial charge < -0.3 is 14.2 Å². The third-order valence-electron chi connectivity index (χ3n) is 9.69. The summed E-state index contributed by atoms with van der Waals surface area (Å²) in [4.78, 5) is 37.8. The van der Waals surface area contributed by atoms with Crippen LogP contribution in [0.2, 0.25) is 0 Å². The largest absolute Gasteiger partial charge is 0.462 e. The van der Waals surface area contributed by atoms with Crippen molar-refractivity contribution >= 4 is 17.9 Å². The van der Waals surface area contributed by atoms with Gasteiger partial charge in [-0.2, -0.15) is 0 Å². The third kappa shape index (κ3) is 43.7. The number of rotatable bonds is 41. The highest BCUT2D eigenvalue weighted by molar-refractivity contribution is 5.71. The van der Waals surface area contributed by atoms with E-state index in [0.717, 1.165) is 96.3 Å². The molecule has 0 aliphatic heterocycles. The lowest BCUT2D eigenvalue weighted by atomic mass is 10.1. The summed E-state index contributed by atoms with van der Waals surface area (Å²) in [6, 6.07) is 0. The van der Waals surface area contributed by atoms with Gasteiger partial charge in [-0.3, -0.25) is 14.4 Å². The maximum Gasteiger partial charge on any atom is 0.306 e. The number of hydrogen-bond acceptors (Lipinski definition) is 6. The van der Waals surface area contributed by atoms with Crippen LogP contribution in [0.4, 0.5) is 0 Å². The zero-order valence-corrected chi connectivity index (χ0v) is 37.5. The van der Waals surface area contributed by atoms with Crippen molar-refractivity contribution < 1.29 is 28.6 Å². The van der Waals surface area contributed by atoms with Crippen molar-refractivity contribution in [2.75, 3.05) is 13.2 Å². The van der Waals surface area contributed by atoms with E-state index in [4.69, 9.17) is 14.2 Å². The van der Waals surface area contributed by atoms with Crippen LogP contribution >= 0.6 is 0 Å². The third-order valence-corrected chi connectivity index (χ3v) is 9.69. The second-order valence-corrected chi connectivity index (χ2v) is 15.3. The summed E-state index contributed by atoms with van der Waals surface area (Å²) < 4.78 is 16.7. The molecule has 0 heterocycles. The first-order chi connectivity index (χ1) is 28.5. The van der Waals surface area contributed by atoms with Crippen molar-refractivity contribution in [1.29, 1.82) is 0 Å². The van der Waals surface area contributed by atoms with Gasteiger partial charge in [0, 0.05) is 19.3 Å². The highest BCUT2D eigenvalue weighted by Crippen LogP contribution is 2.13. The Morgan fingerprint density at radius 3 is 1.33 bits per heavy atom. The van der Waals surface area contributed by atoms with Gasteiger partial charge in [-0.15, -0.1) is 0 Å². The van der Waals surface area contributed by atoms with E-state index < -0.39 is 6.10 Å². The predicted molar refractivity (Wildman–Crippen MR) is 247 cm³/mol. The van der Waals surface area contributed by atoms with E-state index in [-0.39, 0.29) is 37.5 Å². The molecule has 0 aromatic heterocycles. The molecule has 0 aliphatic carbocycles. The molecule has 0 rings (SSSR count). The topological polar surface area (TPSA) is 78.9 Å². The first kappa shape index (κ1) is 54.6. The second kappa shape index (κ2) is 46.3. The van der Waals surface area contributed by atoms with Crippen LogP contribution in [0.1, 0.15) is 207 Å². The minimum absolute atomic E-state index is 0.107. The van der Waals surface area contributed by atoms with E-state index >= 15 is 0 Å². The molecule has 0 aliphatic rings. The second-order valence-electron chi connectivity index (χ2n) is 15.3. The van der Waals surface area contributed by atoms with Crippen molar-refractivity contribution in [1.82, 2.24) is 0 Å². The van der Waals surface area contributed by atoms with Crippen LogP contribution in [-0.4, -0.2) is 37.2 Å². The Kier molecular flexibility index (Phi) is 43.6. The molecular weight excluding hydrogens is 721 g/mol. The Morgan fingerprint density at radius 1 is 0.379 bits per heavy atom. The molecule has 1 atom stereocenters. The summed E-state index contributed by atoms with van der Waals surface area (Å²) in [5.41, 5.74) is 0. The molecule has 0 fully saturated rings. The summed E-state index contributed by atoms with van der Waals surface area (Å²) >= 11 is 0. The van der Waals surface area contributed by atoms with Crippen LogP contribution in [-0.2, 0) is 28.6 Å². The molecule has 330 valence electrons. The standard InChI is InChI=1S/C52H86O6/c1-4-7-10-13-16-19-22-25-28-30-33-36-39-42-45-51(54)57-48-49(58-52(55)46-43-40-37-34-31-27-24-21-18-15-12-9-6-3)47-56-50(53)44-41-38-35-32-29-26-23-20-17-14-11-8-5-2/h7,9-10,12,15-16,18-19,21,24,26,29,35,38,49H,4-6,8,11,13-14,17,20,22-23,25,27-28,30-34,36-37,39-48H2,1-3H3/b10-7+,12-9+,18-15+,19-16+,24-21+,29-26+,38-35+. The number of ether oxygens (including phenoxy) is 3. The van der Waals surface area contributed by atoms with Crippen LogP contribution in [0.3, 0.4) is 0 Å². The summed E-state index contributed by atoms with van der Waals surface area (Å²) in [5.74, 6) is -1.01. The highest BCUT2D eigenvalue weighted by atomic mass is 16.6. The molecule has 0 aromatic carbocycles. The fraction of sp³-hybridized carbons (Fsp3) is 0.673. The maximum absolute atomic E-state index is 12.7. The Hall–Kier alpha value is -3.41. The monoisotopic (exact) mass is 807 g/mol. The van der Waals surface area contributed by atoms with Gasteiger partial charge in [0.05, 0.1) is 0 Å². The molecule has 0 N–H and O–H groups in total. The molecule has 0 bridgehead atoms. The molecule has 6 heteroatoms. The van der Waals surface area contributed by atoms with Gasteiger partial charge in [0.1, 0.15) is 13.2 Å². The fourth-order valence-electron chi connectivity index (χ4n) is 6.18. The summed E-state index contributed by atoms with van der Waals surface area (Å²) in [5, 5.41) is 0. The SMILES string of the molecule is CC/C=C/C=C/C=C/CCCCCCCC(=O)OC(COC(=O)CC/C=C/C/C=C/CCCCCCCC)COC(=O)CCCCCCCCC/C=C/C/C=C/CC. The first-order valence-corrected chi connectivity index (χ1v) is 23.6. The van der Waals surface area contributed by atoms with Gasteiger partial charge in [-0.05, 0) is 83.5 Å². The van der Waals surface area contributed by atoms with E-state index in [1.54, 1.807) is 0 Å². The lowest BCUT2D eigenvalue weighted by Gasteiger charge is -2.18. The van der Waals surface area contributed by atoms with Gasteiger partial charge in [0.15, 0.2) is 6.10 Å². The number of carbonyl (C=O) groups is 3. The maximum atomic E-state index is 12.7. The number of esters is 3. The molecule has 0 saturated carbocycles. The molecule has 58 heavy (non-hydrogen) atoms. The average molecular weight is 807 g/mol. The molecule has 0 spiro atoms. The van der Waals surface area contributed by atoms with Gasteiger partial charge in [0.2, 0.25) is 0 Å². The average Bonchev–Trinajstić information content (AvgIpc) is 3.22. The normalized spacial score (nSPS) is 12.8. The zero-order valence-electron chi connectivity index (χ0n) is 37.5. The summed E-state index contributed by atoms with van der Waals surface area (Å²) in [6.45, 7) is 6.29. The summed E-state index contributed by atoms with van der Waals surface area (Å²) in [7, 11) is 0. The van der Waals surface area contributed by atoms with Gasteiger partial charge in [0.25, 0.3) is 0 Å². The van der Waals surface area contributed by atoms with Crippen molar-refractivity contribution in [2.45, 2.75) is 213 Å². The van der Waals surface area contributed by atoms with E-state index in [1.807, 2.05) is 12.2 Å². The van der Waals surface area contributed by atoms with Crippen LogP contribution in [0.15, 0.2) is 85.1 Å². The Morgan fingerprint density at radius 2 is 0.793 bits per heavy atom. The van der Waals surface area contributed by atoms with Crippen molar-refractivity contribution in [3.05, 3.63) is 85.1 Å². The van der Waals surface area contributed by atoms with Crippen LogP contribution < -0.4 is 0 Å². The fourth-order valence-corrected chi connectivity index (χ4v) is 6.18. The van der Waals surface area contributed by atoms with E-state index in [0.29, 0.717) is 19.3 Å². The predicted octanol–water partition coefficient (Wildman–Crippen LogP) is 15.3.